The second-order valence-corrected chi connectivity index (χ2v) is 3.57. The summed E-state index contributed by atoms with van der Waals surface area (Å²) in [5, 5.41) is 1.88. The molecule has 0 saturated carbocycles. The molecule has 14 heavy (non-hydrogen) atoms. The van der Waals surface area contributed by atoms with Crippen LogP contribution in [0.15, 0.2) is 0 Å². The van der Waals surface area contributed by atoms with E-state index in [2.05, 4.69) is 0 Å². The molecule has 0 bridgehead atoms. The second kappa shape index (κ2) is 3.28. The molecule has 1 aliphatic rings. The van der Waals surface area contributed by atoms with E-state index in [9.17, 15) is 14.4 Å². The van der Waals surface area contributed by atoms with Gasteiger partial charge in [0.2, 0.25) is 5.91 Å². The van der Waals surface area contributed by atoms with Crippen molar-refractivity contribution in [3.05, 3.63) is 0 Å². The molecule has 1 fully saturated rings. The Morgan fingerprint density at radius 2 is 2.21 bits per heavy atom. The molecule has 0 aromatic carbocycles. The first kappa shape index (κ1) is 10.5. The van der Waals surface area contributed by atoms with E-state index in [1.54, 1.807) is 6.92 Å². The Bertz CT molecular complexity index is 302. The van der Waals surface area contributed by atoms with Crippen molar-refractivity contribution in [2.24, 2.45) is 11.1 Å². The van der Waals surface area contributed by atoms with Crippen LogP contribution in [0.4, 0.5) is 4.79 Å². The lowest BCUT2D eigenvalue weighted by atomic mass is 9.86. The third kappa shape index (κ3) is 1.68. The molecule has 0 spiro atoms. The van der Waals surface area contributed by atoms with Gasteiger partial charge < -0.3 is 10.5 Å². The van der Waals surface area contributed by atoms with Crippen molar-refractivity contribution in [1.82, 2.24) is 5.32 Å². The zero-order valence-corrected chi connectivity index (χ0v) is 7.99. The van der Waals surface area contributed by atoms with Crippen molar-refractivity contribution in [1.29, 1.82) is 0 Å². The fourth-order valence-electron chi connectivity index (χ4n) is 1.45. The number of cyclic esters (lactones) is 1. The molecule has 6 heteroatoms. The summed E-state index contributed by atoms with van der Waals surface area (Å²) in [5.74, 6) is -1.33. The van der Waals surface area contributed by atoms with Crippen LogP contribution in [0.5, 0.6) is 0 Å². The van der Waals surface area contributed by atoms with Crippen LogP contribution in [0.25, 0.3) is 0 Å². The molecule has 0 aliphatic carbocycles. The summed E-state index contributed by atoms with van der Waals surface area (Å²) >= 11 is 0. The van der Waals surface area contributed by atoms with Crippen molar-refractivity contribution in [2.75, 3.05) is 0 Å². The van der Waals surface area contributed by atoms with Gasteiger partial charge in [0.1, 0.15) is 11.5 Å². The first-order valence-corrected chi connectivity index (χ1v) is 4.18. The number of primary amides is 1. The van der Waals surface area contributed by atoms with Crippen molar-refractivity contribution >= 4 is 17.9 Å². The summed E-state index contributed by atoms with van der Waals surface area (Å²) in [7, 11) is 0. The fraction of sp³-hybridized carbons (Fsp3) is 0.625. The Hall–Kier alpha value is -1.59. The number of rotatable bonds is 1. The van der Waals surface area contributed by atoms with E-state index in [0.717, 1.165) is 0 Å². The first-order valence-electron chi connectivity index (χ1n) is 4.18. The van der Waals surface area contributed by atoms with Crippen LogP contribution in [-0.4, -0.2) is 24.0 Å². The monoisotopic (exact) mass is 200 g/mol. The highest BCUT2D eigenvalue weighted by molar-refractivity contribution is 6.08. The van der Waals surface area contributed by atoms with Crippen LogP contribution in [0.3, 0.4) is 0 Å². The van der Waals surface area contributed by atoms with Crippen LogP contribution in [-0.2, 0) is 14.3 Å². The van der Waals surface area contributed by atoms with Gasteiger partial charge in [-0.05, 0) is 13.8 Å². The van der Waals surface area contributed by atoms with Crippen LogP contribution in [0.2, 0.25) is 0 Å². The number of nitrogens with one attached hydrogen (secondary N) is 1. The van der Waals surface area contributed by atoms with Crippen LogP contribution < -0.4 is 11.1 Å². The predicted octanol–water partition coefficient (Wildman–Crippen LogP) is -0.477. The van der Waals surface area contributed by atoms with Gasteiger partial charge in [0, 0.05) is 6.42 Å². The summed E-state index contributed by atoms with van der Waals surface area (Å²) in [6.45, 7) is 3.11. The Morgan fingerprint density at radius 1 is 1.64 bits per heavy atom. The van der Waals surface area contributed by atoms with Crippen LogP contribution >= 0.6 is 0 Å². The summed E-state index contributed by atoms with van der Waals surface area (Å²) in [5.41, 5.74) is 3.48. The molecule has 1 saturated heterocycles. The normalized spacial score (nSPS) is 31.0. The highest BCUT2D eigenvalue weighted by atomic mass is 16.6. The predicted molar refractivity (Wildman–Crippen MR) is 46.0 cm³/mol. The smallest absolute Gasteiger partial charge is 0.321 e. The summed E-state index contributed by atoms with van der Waals surface area (Å²) in [6, 6.07) is -0.969. The number of carbonyl (C=O) groups excluding carboxylic acids is 3. The number of carbonyl (C=O) groups is 3. The average Bonchev–Trinajstić information content (AvgIpc) is 2.25. The zero-order valence-electron chi connectivity index (χ0n) is 7.99. The van der Waals surface area contributed by atoms with Gasteiger partial charge in [0.25, 0.3) is 0 Å². The molecule has 3 N–H and O–H groups in total. The molecule has 78 valence electrons. The van der Waals surface area contributed by atoms with E-state index in [-0.39, 0.29) is 12.5 Å². The van der Waals surface area contributed by atoms with Gasteiger partial charge in [-0.2, -0.15) is 0 Å². The summed E-state index contributed by atoms with van der Waals surface area (Å²) in [6.07, 6.45) is -0.0589. The summed E-state index contributed by atoms with van der Waals surface area (Å²) < 4.78 is 4.83. The van der Waals surface area contributed by atoms with Crippen LogP contribution in [0, 0.1) is 5.41 Å². The number of nitrogens with two attached hydrogens (primary N) is 1. The topological polar surface area (TPSA) is 98.5 Å². The van der Waals surface area contributed by atoms with Crippen molar-refractivity contribution in [3.63, 3.8) is 0 Å². The number of urea groups is 1. The number of hydrogen-bond acceptors (Lipinski definition) is 4. The molecule has 1 aliphatic heterocycles. The molecular weight excluding hydrogens is 188 g/mol. The largest absolute Gasteiger partial charge is 0.462 e. The Balaban J connectivity index is 2.79. The Morgan fingerprint density at radius 3 is 2.57 bits per heavy atom. The Labute approximate surface area is 80.8 Å². The van der Waals surface area contributed by atoms with Crippen molar-refractivity contribution in [2.45, 2.75) is 26.4 Å². The lowest BCUT2D eigenvalue weighted by Gasteiger charge is -2.16. The number of esters is 1. The lowest BCUT2D eigenvalue weighted by Crippen LogP contribution is -2.46. The molecule has 1 rings (SSSR count). The minimum absolute atomic E-state index is 0.255. The molecule has 0 aromatic rings. The summed E-state index contributed by atoms with van der Waals surface area (Å²) in [4.78, 5) is 33.1. The van der Waals surface area contributed by atoms with Gasteiger partial charge in [-0.3, -0.25) is 14.9 Å². The minimum atomic E-state index is -1.30. The molecule has 2 atom stereocenters. The van der Waals surface area contributed by atoms with Crippen LogP contribution in [0.1, 0.15) is 20.3 Å². The number of hydrogen-bond donors (Lipinski definition) is 2. The van der Waals surface area contributed by atoms with Gasteiger partial charge >= 0.3 is 12.0 Å². The quantitative estimate of drug-likeness (QED) is 0.441. The third-order valence-electron chi connectivity index (χ3n) is 2.19. The number of imide groups is 1. The van der Waals surface area contributed by atoms with Gasteiger partial charge in [-0.25, -0.2) is 4.79 Å². The van der Waals surface area contributed by atoms with E-state index in [0.29, 0.717) is 0 Å². The molecule has 1 heterocycles. The fourth-order valence-corrected chi connectivity index (χ4v) is 1.45. The molecule has 3 amide bonds. The zero-order chi connectivity index (χ0) is 10.9. The molecule has 2 unspecified atom stereocenters. The minimum Gasteiger partial charge on any atom is -0.462 e. The highest BCUT2D eigenvalue weighted by Crippen LogP contribution is 2.33. The van der Waals surface area contributed by atoms with Gasteiger partial charge in [0.05, 0.1) is 0 Å². The molecule has 0 aromatic heterocycles. The van der Waals surface area contributed by atoms with E-state index in [4.69, 9.17) is 10.5 Å². The maximum atomic E-state index is 11.4. The van der Waals surface area contributed by atoms with E-state index >= 15 is 0 Å². The van der Waals surface area contributed by atoms with Crippen molar-refractivity contribution in [3.8, 4) is 0 Å². The second-order valence-electron chi connectivity index (χ2n) is 3.57. The van der Waals surface area contributed by atoms with Crippen molar-refractivity contribution < 1.29 is 19.1 Å². The lowest BCUT2D eigenvalue weighted by molar-refractivity contribution is -0.152. The SMILES string of the molecule is CC1CC(C)(C(=O)NC(N)=O)C(=O)O1. The highest BCUT2D eigenvalue weighted by Gasteiger charge is 2.50. The Kier molecular flexibility index (Phi) is 2.46. The molecule has 0 radical (unpaired) electrons. The van der Waals surface area contributed by atoms with Gasteiger partial charge in [-0.1, -0.05) is 0 Å². The standard InChI is InChI=1S/C8H12N2O4/c1-4-3-8(2,6(12)14-4)5(11)10-7(9)13/h4H,3H2,1-2H3,(H3,9,10,11,13). The average molecular weight is 200 g/mol. The maximum absolute atomic E-state index is 11.4. The first-order chi connectivity index (χ1) is 6.36. The van der Waals surface area contributed by atoms with E-state index in [1.165, 1.54) is 6.92 Å². The van der Waals surface area contributed by atoms with Gasteiger partial charge in [0.15, 0.2) is 0 Å². The van der Waals surface area contributed by atoms with Gasteiger partial charge in [-0.15, -0.1) is 0 Å². The van der Waals surface area contributed by atoms with E-state index in [1.807, 2.05) is 5.32 Å². The third-order valence-corrected chi connectivity index (χ3v) is 2.19. The molecular formula is C8H12N2O4. The molecule has 6 nitrogen and oxygen atoms in total. The van der Waals surface area contributed by atoms with E-state index < -0.39 is 23.3 Å². The maximum Gasteiger partial charge on any atom is 0.321 e. The number of ether oxygens (including phenoxy) is 1. The number of amides is 3.